The van der Waals surface area contributed by atoms with Gasteiger partial charge in [-0.2, -0.15) is 5.26 Å². The lowest BCUT2D eigenvalue weighted by Crippen LogP contribution is -2.45. The maximum atomic E-state index is 12.3. The second kappa shape index (κ2) is 29.0. The number of hydrogen-bond donors (Lipinski definition) is 4. The molecule has 1 heterocycles. The Hall–Kier alpha value is -3.90. The van der Waals surface area contributed by atoms with E-state index in [4.69, 9.17) is 37.8 Å². The molecule has 0 spiro atoms. The standard InChI is InChI=1S/C45H78N6O12Si2/c1-64(2,27-5-21-47-42(53)57-23-25-59-44(55)50-39-16-9-35(10-17-39)29-34-7-14-38(15-8-34)49-33-52)63-65(3,4)28-6-22-48-43(54)58-24-26-60-45(56)51-41-20-13-37(31-61-41)30-36-11-18-40(19-12-36)62-32-46/h34-41H,5-31H2,1-4H3,(H,47,53)(H,48,54)(H,50,55)(H,51,56). The molecule has 0 aromatic rings. The van der Waals surface area contributed by atoms with Crippen molar-refractivity contribution in [1.82, 2.24) is 21.3 Å². The highest BCUT2D eigenvalue weighted by Gasteiger charge is 2.33. The summed E-state index contributed by atoms with van der Waals surface area (Å²) in [5.41, 5.74) is 0. The minimum absolute atomic E-state index is 0.0186. The number of ether oxygens (including phenoxy) is 6. The van der Waals surface area contributed by atoms with E-state index in [0.717, 1.165) is 115 Å². The van der Waals surface area contributed by atoms with E-state index in [2.05, 4.69) is 52.4 Å². The summed E-state index contributed by atoms with van der Waals surface area (Å²) in [6.07, 6.45) is 18.6. The first-order chi connectivity index (χ1) is 31.2. The third-order valence-corrected chi connectivity index (χ3v) is 20.9. The maximum Gasteiger partial charge on any atom is 0.409 e. The summed E-state index contributed by atoms with van der Waals surface area (Å²) >= 11 is 0. The van der Waals surface area contributed by atoms with Crippen LogP contribution in [0.3, 0.4) is 0 Å². The monoisotopic (exact) mass is 951 g/mol. The number of nitrogens with zero attached hydrogens (tertiary/aromatic N) is 2. The molecule has 0 aromatic heterocycles. The molecule has 4 fully saturated rings. The van der Waals surface area contributed by atoms with E-state index in [1.165, 1.54) is 6.42 Å². The van der Waals surface area contributed by atoms with Crippen molar-refractivity contribution in [2.75, 3.05) is 46.1 Å². The summed E-state index contributed by atoms with van der Waals surface area (Å²) in [4.78, 5) is 63.4. The molecule has 20 heteroatoms. The van der Waals surface area contributed by atoms with Gasteiger partial charge >= 0.3 is 24.4 Å². The van der Waals surface area contributed by atoms with E-state index >= 15 is 0 Å². The Bertz CT molecular complexity index is 1530. The maximum absolute atomic E-state index is 12.3. The summed E-state index contributed by atoms with van der Waals surface area (Å²) in [7, 11) is -4.05. The number of carbonyl (C=O) groups excluding carboxylic acids is 5. The minimum Gasteiger partial charge on any atom is -0.455 e. The van der Waals surface area contributed by atoms with Gasteiger partial charge < -0.3 is 48.5 Å². The second-order valence-corrected chi connectivity index (χ2v) is 28.6. The SMILES string of the molecule is C[Si](C)(CCCNC(=O)OCCOC(=O)NC1CCC(CC2CCC(N=C=O)CC2)CC1)O[Si](C)(C)CCCNC(=O)OCCOC(=O)NC1CCC(CC2CCC(OC#N)CC2)CO1. The molecule has 0 bridgehead atoms. The van der Waals surface area contributed by atoms with Crippen LogP contribution in [0.25, 0.3) is 0 Å². The van der Waals surface area contributed by atoms with Gasteiger partial charge in [0.15, 0.2) is 16.6 Å². The summed E-state index contributed by atoms with van der Waals surface area (Å²) < 4.78 is 38.5. The van der Waals surface area contributed by atoms with E-state index in [1.807, 2.05) is 0 Å². The van der Waals surface area contributed by atoms with Gasteiger partial charge in [0.05, 0.1) is 12.6 Å². The Balaban J connectivity index is 0.921. The number of nitriles is 1. The number of isocyanates is 1. The van der Waals surface area contributed by atoms with Crippen LogP contribution in [0.4, 0.5) is 19.2 Å². The third-order valence-electron chi connectivity index (χ3n) is 13.3. The summed E-state index contributed by atoms with van der Waals surface area (Å²) in [5, 5.41) is 19.9. The summed E-state index contributed by atoms with van der Waals surface area (Å²) in [6, 6.07) is 1.96. The Kier molecular flexibility index (Phi) is 24.0. The van der Waals surface area contributed by atoms with E-state index in [-0.39, 0.29) is 44.6 Å². The molecule has 1 aliphatic heterocycles. The first-order valence-corrected chi connectivity index (χ1v) is 30.5. The van der Waals surface area contributed by atoms with Gasteiger partial charge in [-0.3, -0.25) is 5.32 Å². The van der Waals surface area contributed by atoms with Crippen LogP contribution in [0.15, 0.2) is 4.99 Å². The Morgan fingerprint density at radius 3 is 1.57 bits per heavy atom. The van der Waals surface area contributed by atoms with E-state index < -0.39 is 47.2 Å². The molecular formula is C45H78N6O12Si2. The van der Waals surface area contributed by atoms with Crippen molar-refractivity contribution >= 4 is 47.1 Å². The fourth-order valence-corrected chi connectivity index (χ4v) is 18.9. The fourth-order valence-electron chi connectivity index (χ4n) is 10.0. The molecule has 1 saturated heterocycles. The molecule has 4 rings (SSSR count). The number of amides is 4. The topological polar surface area (TPSA) is 234 Å². The van der Waals surface area contributed by atoms with Crippen LogP contribution in [0, 0.1) is 35.2 Å². The summed E-state index contributed by atoms with van der Waals surface area (Å²) in [5.74, 6) is 2.44. The predicted molar refractivity (Wildman–Crippen MR) is 246 cm³/mol. The van der Waals surface area contributed by atoms with Gasteiger partial charge in [-0.05, 0) is 178 Å². The molecule has 3 saturated carbocycles. The van der Waals surface area contributed by atoms with Crippen LogP contribution in [-0.4, -0.2) is 118 Å². The summed E-state index contributed by atoms with van der Waals surface area (Å²) in [6.45, 7) is 9.99. The molecule has 0 radical (unpaired) electrons. The number of rotatable bonds is 24. The van der Waals surface area contributed by atoms with Gasteiger partial charge in [0.2, 0.25) is 6.08 Å². The van der Waals surface area contributed by atoms with Crippen LogP contribution in [0.2, 0.25) is 38.3 Å². The lowest BCUT2D eigenvalue weighted by Gasteiger charge is -2.34. The van der Waals surface area contributed by atoms with Gasteiger partial charge in [-0.1, -0.05) is 0 Å². The van der Waals surface area contributed by atoms with Gasteiger partial charge in [0, 0.05) is 19.1 Å². The fraction of sp³-hybridized carbons (Fsp3) is 0.867. The first kappa shape index (κ1) is 53.7. The molecule has 4 aliphatic rings. The zero-order valence-corrected chi connectivity index (χ0v) is 41.5. The lowest BCUT2D eigenvalue weighted by atomic mass is 9.76. The lowest BCUT2D eigenvalue weighted by molar-refractivity contribution is -0.0406. The zero-order valence-electron chi connectivity index (χ0n) is 39.5. The van der Waals surface area contributed by atoms with Gasteiger partial charge in [0.1, 0.15) is 38.8 Å². The minimum atomic E-state index is -2.02. The van der Waals surface area contributed by atoms with Crippen LogP contribution in [0.1, 0.15) is 116 Å². The van der Waals surface area contributed by atoms with Crippen molar-refractivity contribution in [2.24, 2.45) is 28.7 Å². The third kappa shape index (κ3) is 22.9. The van der Waals surface area contributed by atoms with Crippen LogP contribution < -0.4 is 21.3 Å². The number of alkyl carbamates (subject to hydrolysis) is 4. The highest BCUT2D eigenvalue weighted by atomic mass is 28.4. The molecule has 65 heavy (non-hydrogen) atoms. The van der Waals surface area contributed by atoms with Crippen molar-refractivity contribution in [3.8, 4) is 6.26 Å². The smallest absolute Gasteiger partial charge is 0.409 e. The highest BCUT2D eigenvalue weighted by molar-refractivity contribution is 6.84. The predicted octanol–water partition coefficient (Wildman–Crippen LogP) is 8.14. The van der Waals surface area contributed by atoms with E-state index in [0.29, 0.717) is 49.8 Å². The molecule has 0 aromatic carbocycles. The number of nitrogens with one attached hydrogen (secondary N) is 4. The highest BCUT2D eigenvalue weighted by Crippen LogP contribution is 2.37. The van der Waals surface area contributed by atoms with Crippen molar-refractivity contribution < 1.29 is 56.5 Å². The van der Waals surface area contributed by atoms with Crippen LogP contribution in [-0.2, 0) is 37.3 Å². The van der Waals surface area contributed by atoms with Crippen molar-refractivity contribution in [3.63, 3.8) is 0 Å². The molecule has 4 N–H and O–H groups in total. The quantitative estimate of drug-likeness (QED) is 0.0179. The molecule has 2 atom stereocenters. The van der Waals surface area contributed by atoms with Crippen molar-refractivity contribution in [1.29, 1.82) is 5.26 Å². The van der Waals surface area contributed by atoms with Crippen LogP contribution >= 0.6 is 0 Å². The average Bonchev–Trinajstić information content (AvgIpc) is 3.27. The molecule has 2 unspecified atom stereocenters. The number of hydrogen-bond acceptors (Lipinski definition) is 14. The molecule has 368 valence electrons. The van der Waals surface area contributed by atoms with Gasteiger partial charge in [0.25, 0.3) is 6.26 Å². The van der Waals surface area contributed by atoms with Gasteiger partial charge in [-0.25, -0.2) is 29.0 Å². The molecular weight excluding hydrogens is 873 g/mol. The average molecular weight is 951 g/mol. The van der Waals surface area contributed by atoms with Crippen LogP contribution in [0.5, 0.6) is 0 Å². The van der Waals surface area contributed by atoms with Crippen molar-refractivity contribution in [2.45, 2.75) is 178 Å². The number of aliphatic imine (C=N–C) groups is 1. The normalized spacial score (nSPS) is 25.9. The number of carbonyl (C=O) groups is 4. The first-order valence-electron chi connectivity index (χ1n) is 24.3. The molecule has 4 amide bonds. The van der Waals surface area contributed by atoms with E-state index in [1.54, 1.807) is 12.3 Å². The van der Waals surface area contributed by atoms with E-state index in [9.17, 15) is 24.0 Å². The Labute approximate surface area is 388 Å². The Morgan fingerprint density at radius 1 is 0.615 bits per heavy atom. The molecule has 18 nitrogen and oxygen atoms in total. The largest absolute Gasteiger partial charge is 0.455 e. The van der Waals surface area contributed by atoms with Crippen molar-refractivity contribution in [3.05, 3.63) is 0 Å². The Morgan fingerprint density at radius 2 is 1.08 bits per heavy atom. The zero-order chi connectivity index (χ0) is 46.9. The van der Waals surface area contributed by atoms with Gasteiger partial charge in [-0.15, -0.1) is 0 Å². The molecule has 3 aliphatic carbocycles. The second-order valence-electron chi connectivity index (χ2n) is 19.7.